The van der Waals surface area contributed by atoms with Crippen molar-refractivity contribution in [3.05, 3.63) is 11.3 Å². The lowest BCUT2D eigenvalue weighted by Gasteiger charge is -2.26. The highest BCUT2D eigenvalue weighted by Crippen LogP contribution is 2.18. The van der Waals surface area contributed by atoms with Crippen LogP contribution in [-0.2, 0) is 18.1 Å². The molecule has 0 unspecified atom stereocenters. The van der Waals surface area contributed by atoms with Crippen LogP contribution in [-0.4, -0.2) is 39.7 Å². The van der Waals surface area contributed by atoms with Gasteiger partial charge in [0.1, 0.15) is 0 Å². The molecule has 19 heavy (non-hydrogen) atoms. The summed E-state index contributed by atoms with van der Waals surface area (Å²) in [6, 6.07) is 0. The highest BCUT2D eigenvalue weighted by atomic mass is 28.4. The first-order chi connectivity index (χ1) is 9.05. The molecule has 0 heterocycles. The second-order valence-electron chi connectivity index (χ2n) is 3.98. The van der Waals surface area contributed by atoms with Crippen LogP contribution in [0.25, 0.3) is 0 Å². The van der Waals surface area contributed by atoms with Gasteiger partial charge in [0.05, 0.1) is 0 Å². The largest absolute Gasteiger partial charge is 0.530 e. The van der Waals surface area contributed by atoms with E-state index < -0.39 is 14.8 Å². The summed E-state index contributed by atoms with van der Waals surface area (Å²) in [7, 11) is -3.01. The first kappa shape index (κ1) is 18.3. The van der Waals surface area contributed by atoms with Gasteiger partial charge in [-0.3, -0.25) is 0 Å². The molecule has 0 saturated heterocycles. The smallest absolute Gasteiger partial charge is 0.478 e. The fourth-order valence-corrected chi connectivity index (χ4v) is 4.08. The van der Waals surface area contributed by atoms with Gasteiger partial charge in [-0.1, -0.05) is 13.3 Å². The molecule has 0 aliphatic heterocycles. The van der Waals surface area contributed by atoms with Gasteiger partial charge >= 0.3 is 14.8 Å². The molecule has 0 atom stereocenters. The maximum Gasteiger partial charge on any atom is 0.530 e. The number of rotatable bonds is 11. The van der Waals surface area contributed by atoms with Crippen molar-refractivity contribution in [1.82, 2.24) is 0 Å². The van der Waals surface area contributed by atoms with E-state index in [1.807, 2.05) is 27.7 Å². The predicted octanol–water partition coefficient (Wildman–Crippen LogP) is 2.78. The summed E-state index contributed by atoms with van der Waals surface area (Å²) in [5.41, 5.74) is 1.91. The maximum absolute atomic E-state index is 11.3. The van der Waals surface area contributed by atoms with Crippen molar-refractivity contribution >= 4 is 14.8 Å². The minimum atomic E-state index is -3.01. The number of aliphatic carboxylic acids is 1. The lowest BCUT2D eigenvalue weighted by Crippen LogP contribution is -2.45. The number of unbranched alkanes of at least 4 members (excludes halogenated alkanes) is 1. The molecule has 6 heteroatoms. The average Bonchev–Trinajstić information content (AvgIpc) is 2.35. The van der Waals surface area contributed by atoms with E-state index in [-0.39, 0.29) is 0 Å². The van der Waals surface area contributed by atoms with Crippen LogP contribution >= 0.6 is 0 Å². The molecule has 0 rings (SSSR count). The lowest BCUT2D eigenvalue weighted by atomic mass is 10.1. The van der Waals surface area contributed by atoms with E-state index in [0.717, 1.165) is 12.8 Å². The third-order valence-corrected chi connectivity index (χ3v) is 5.24. The molecule has 0 aromatic carbocycles. The number of carboxylic acid groups (broad SMARTS) is 1. The Morgan fingerprint density at radius 1 is 1.05 bits per heavy atom. The maximum atomic E-state index is 11.3. The standard InChI is InChI=1S/C13H26O5Si/c1-5-9-10-12(13(14)15)11-19(16-6-2,17-7-3)18-8-4/h11H,5-10H2,1-4H3,(H,14,15)/b12-11+. The van der Waals surface area contributed by atoms with Gasteiger partial charge in [0, 0.05) is 25.4 Å². The van der Waals surface area contributed by atoms with Gasteiger partial charge in [-0.15, -0.1) is 0 Å². The molecular weight excluding hydrogens is 264 g/mol. The lowest BCUT2D eigenvalue weighted by molar-refractivity contribution is -0.132. The average molecular weight is 290 g/mol. The Balaban J connectivity index is 5.21. The van der Waals surface area contributed by atoms with Crippen molar-refractivity contribution in [2.75, 3.05) is 19.8 Å². The topological polar surface area (TPSA) is 65.0 Å². The second-order valence-corrected chi connectivity index (χ2v) is 6.34. The Morgan fingerprint density at radius 2 is 1.53 bits per heavy atom. The molecule has 0 amide bonds. The van der Waals surface area contributed by atoms with Crippen LogP contribution in [0.15, 0.2) is 11.3 Å². The summed E-state index contributed by atoms with van der Waals surface area (Å²) in [5.74, 6) is -0.926. The molecule has 0 aliphatic rings. The molecule has 0 aromatic heterocycles. The third-order valence-electron chi connectivity index (χ3n) is 2.46. The molecule has 0 bridgehead atoms. The number of carbonyl (C=O) groups is 1. The number of hydrogen-bond acceptors (Lipinski definition) is 4. The van der Waals surface area contributed by atoms with Crippen molar-refractivity contribution in [2.24, 2.45) is 0 Å². The Morgan fingerprint density at radius 3 is 1.84 bits per heavy atom. The molecule has 0 aliphatic carbocycles. The number of hydrogen-bond donors (Lipinski definition) is 1. The molecule has 0 aromatic rings. The summed E-state index contributed by atoms with van der Waals surface area (Å²) < 4.78 is 16.9. The Kier molecular flexibility index (Phi) is 9.77. The van der Waals surface area contributed by atoms with Gasteiger partial charge in [0.25, 0.3) is 0 Å². The van der Waals surface area contributed by atoms with Crippen LogP contribution in [0.4, 0.5) is 0 Å². The van der Waals surface area contributed by atoms with Gasteiger partial charge in [-0.25, -0.2) is 4.79 Å². The first-order valence-corrected chi connectivity index (χ1v) is 8.72. The van der Waals surface area contributed by atoms with Crippen LogP contribution in [0.5, 0.6) is 0 Å². The SMILES string of the molecule is CCCC/C(=C\[Si](OCC)(OCC)OCC)C(=O)O. The van der Waals surface area contributed by atoms with Crippen molar-refractivity contribution in [2.45, 2.75) is 47.0 Å². The van der Waals surface area contributed by atoms with Gasteiger partial charge < -0.3 is 18.4 Å². The quantitative estimate of drug-likeness (QED) is 0.468. The highest BCUT2D eigenvalue weighted by molar-refractivity contribution is 6.66. The first-order valence-electron chi connectivity index (χ1n) is 6.92. The molecule has 0 fully saturated rings. The van der Waals surface area contributed by atoms with Crippen molar-refractivity contribution < 1.29 is 23.2 Å². The summed E-state index contributed by atoms with van der Waals surface area (Å²) in [4.78, 5) is 11.3. The second kappa shape index (κ2) is 10.1. The van der Waals surface area contributed by atoms with Crippen LogP contribution in [0, 0.1) is 0 Å². The molecule has 0 saturated carbocycles. The Hall–Kier alpha value is -0.693. The predicted molar refractivity (Wildman–Crippen MR) is 75.9 cm³/mol. The Bertz CT molecular complexity index is 274. The molecule has 1 N–H and O–H groups in total. The van der Waals surface area contributed by atoms with Crippen LogP contribution in [0.3, 0.4) is 0 Å². The van der Waals surface area contributed by atoms with E-state index in [4.69, 9.17) is 13.3 Å². The van der Waals surface area contributed by atoms with E-state index in [1.165, 1.54) is 0 Å². The van der Waals surface area contributed by atoms with E-state index in [9.17, 15) is 9.90 Å². The molecule has 112 valence electrons. The normalized spacial score (nSPS) is 12.7. The van der Waals surface area contributed by atoms with E-state index in [0.29, 0.717) is 31.8 Å². The van der Waals surface area contributed by atoms with Crippen molar-refractivity contribution in [3.8, 4) is 0 Å². The summed E-state index contributed by atoms with van der Waals surface area (Å²) in [6.45, 7) is 8.87. The fourth-order valence-electron chi connectivity index (χ4n) is 1.68. The van der Waals surface area contributed by atoms with Crippen LogP contribution in [0.2, 0.25) is 0 Å². The van der Waals surface area contributed by atoms with Gasteiger partial charge in [-0.2, -0.15) is 0 Å². The molecule has 5 nitrogen and oxygen atoms in total. The van der Waals surface area contributed by atoms with Crippen molar-refractivity contribution in [3.63, 3.8) is 0 Å². The van der Waals surface area contributed by atoms with Crippen LogP contribution < -0.4 is 0 Å². The summed E-state index contributed by atoms with van der Waals surface area (Å²) in [5, 5.41) is 9.26. The highest BCUT2D eigenvalue weighted by Gasteiger charge is 2.39. The van der Waals surface area contributed by atoms with E-state index >= 15 is 0 Å². The monoisotopic (exact) mass is 290 g/mol. The molecule has 0 radical (unpaired) electrons. The van der Waals surface area contributed by atoms with Gasteiger partial charge in [0.2, 0.25) is 0 Å². The van der Waals surface area contributed by atoms with Crippen LogP contribution in [0.1, 0.15) is 47.0 Å². The van der Waals surface area contributed by atoms with Crippen molar-refractivity contribution in [1.29, 1.82) is 0 Å². The van der Waals surface area contributed by atoms with E-state index in [2.05, 4.69) is 0 Å². The number of carboxylic acids is 1. The fraction of sp³-hybridized carbons (Fsp3) is 0.769. The summed E-state index contributed by atoms with van der Waals surface area (Å²) in [6.07, 6.45) is 2.28. The third kappa shape index (κ3) is 6.86. The molecule has 0 spiro atoms. The Labute approximate surface area is 116 Å². The van der Waals surface area contributed by atoms with Gasteiger partial charge in [0.15, 0.2) is 0 Å². The molecular formula is C13H26O5Si. The zero-order valence-electron chi connectivity index (χ0n) is 12.4. The zero-order chi connectivity index (χ0) is 14.7. The van der Waals surface area contributed by atoms with Gasteiger partial charge in [-0.05, 0) is 39.3 Å². The minimum Gasteiger partial charge on any atom is -0.478 e. The minimum absolute atomic E-state index is 0.323. The van der Waals surface area contributed by atoms with E-state index in [1.54, 1.807) is 5.70 Å². The zero-order valence-corrected chi connectivity index (χ0v) is 13.4. The summed E-state index contributed by atoms with van der Waals surface area (Å²) >= 11 is 0.